The van der Waals surface area contributed by atoms with E-state index < -0.39 is 0 Å². The van der Waals surface area contributed by atoms with Gasteiger partial charge in [0.05, 0.1) is 5.52 Å². The summed E-state index contributed by atoms with van der Waals surface area (Å²) in [5.41, 5.74) is 16.1. The second kappa shape index (κ2) is 2.82. The zero-order chi connectivity index (χ0) is 10.4. The van der Waals surface area contributed by atoms with E-state index in [1.165, 1.54) is 17.5 Å². The molecule has 0 fully saturated rings. The summed E-state index contributed by atoms with van der Waals surface area (Å²) in [7, 11) is 0. The molecule has 4 nitrogen and oxygen atoms in total. The van der Waals surface area contributed by atoms with Crippen LogP contribution in [0.25, 0.3) is 10.9 Å². The summed E-state index contributed by atoms with van der Waals surface area (Å²) in [5.74, 6) is 0.515. The van der Waals surface area contributed by atoms with Crippen molar-refractivity contribution in [2.45, 2.75) is 19.3 Å². The smallest absolute Gasteiger partial charge is 0.134 e. The van der Waals surface area contributed by atoms with Crippen molar-refractivity contribution in [1.82, 2.24) is 9.97 Å². The average molecular weight is 200 g/mol. The van der Waals surface area contributed by atoms with Gasteiger partial charge in [0.2, 0.25) is 0 Å². The topological polar surface area (TPSA) is 77.8 Å². The Morgan fingerprint density at radius 1 is 1.07 bits per heavy atom. The second-order valence-electron chi connectivity index (χ2n) is 3.93. The number of hydrogen-bond donors (Lipinski definition) is 2. The molecule has 0 radical (unpaired) electrons. The minimum Gasteiger partial charge on any atom is -0.398 e. The monoisotopic (exact) mass is 200 g/mol. The molecular weight excluding hydrogens is 188 g/mol. The van der Waals surface area contributed by atoms with Gasteiger partial charge in [-0.15, -0.1) is 0 Å². The SMILES string of the molecule is Nc1cc2c(N)ncnc2c2c1CCC2. The summed E-state index contributed by atoms with van der Waals surface area (Å²) in [6, 6.07) is 1.90. The molecule has 1 aliphatic rings. The molecule has 3 rings (SSSR count). The highest BCUT2D eigenvalue weighted by atomic mass is 14.9. The van der Waals surface area contributed by atoms with Gasteiger partial charge in [-0.25, -0.2) is 9.97 Å². The van der Waals surface area contributed by atoms with Crippen LogP contribution < -0.4 is 11.5 Å². The van der Waals surface area contributed by atoms with Crippen molar-refractivity contribution in [2.24, 2.45) is 0 Å². The number of aromatic nitrogens is 2. The maximum atomic E-state index is 6.00. The lowest BCUT2D eigenvalue weighted by molar-refractivity contribution is 0.913. The van der Waals surface area contributed by atoms with Crippen LogP contribution >= 0.6 is 0 Å². The second-order valence-corrected chi connectivity index (χ2v) is 3.93. The molecule has 0 spiro atoms. The number of nitrogens with zero attached hydrogens (tertiary/aromatic N) is 2. The van der Waals surface area contributed by atoms with Gasteiger partial charge in [-0.3, -0.25) is 0 Å². The Morgan fingerprint density at radius 3 is 2.73 bits per heavy atom. The Balaban J connectivity index is 2.48. The minimum atomic E-state index is 0.515. The third kappa shape index (κ3) is 1.08. The highest BCUT2D eigenvalue weighted by Crippen LogP contribution is 2.34. The van der Waals surface area contributed by atoms with Gasteiger partial charge >= 0.3 is 0 Å². The molecule has 0 unspecified atom stereocenters. The van der Waals surface area contributed by atoms with Crippen LogP contribution in [0.4, 0.5) is 11.5 Å². The van der Waals surface area contributed by atoms with Gasteiger partial charge in [-0.2, -0.15) is 0 Å². The van der Waals surface area contributed by atoms with Crippen LogP contribution in [-0.2, 0) is 12.8 Å². The Bertz CT molecular complexity index is 548. The zero-order valence-electron chi connectivity index (χ0n) is 8.33. The number of aryl methyl sites for hydroxylation is 1. The van der Waals surface area contributed by atoms with Gasteiger partial charge in [0.1, 0.15) is 12.1 Å². The maximum absolute atomic E-state index is 6.00. The Labute approximate surface area is 87.3 Å². The van der Waals surface area contributed by atoms with Crippen molar-refractivity contribution in [3.05, 3.63) is 23.5 Å². The third-order valence-electron chi connectivity index (χ3n) is 3.07. The molecule has 0 saturated carbocycles. The van der Waals surface area contributed by atoms with Gasteiger partial charge < -0.3 is 11.5 Å². The number of nitrogens with two attached hydrogens (primary N) is 2. The predicted molar refractivity (Wildman–Crippen MR) is 60.4 cm³/mol. The molecular formula is C11H12N4. The van der Waals surface area contributed by atoms with E-state index in [1.54, 1.807) is 0 Å². The van der Waals surface area contributed by atoms with E-state index in [9.17, 15) is 0 Å². The maximum Gasteiger partial charge on any atom is 0.134 e. The van der Waals surface area contributed by atoms with E-state index in [0.717, 1.165) is 35.9 Å². The first-order chi connectivity index (χ1) is 7.27. The van der Waals surface area contributed by atoms with E-state index in [-0.39, 0.29) is 0 Å². The van der Waals surface area contributed by atoms with Crippen LogP contribution in [0.3, 0.4) is 0 Å². The van der Waals surface area contributed by atoms with E-state index in [2.05, 4.69) is 9.97 Å². The number of nitrogen functional groups attached to an aromatic ring is 2. The van der Waals surface area contributed by atoms with Crippen molar-refractivity contribution < 1.29 is 0 Å². The molecule has 4 heteroatoms. The molecule has 0 amide bonds. The first kappa shape index (κ1) is 8.47. The zero-order valence-corrected chi connectivity index (χ0v) is 8.33. The molecule has 0 bridgehead atoms. The molecule has 1 heterocycles. The van der Waals surface area contributed by atoms with Gasteiger partial charge in [-0.05, 0) is 36.5 Å². The largest absolute Gasteiger partial charge is 0.398 e. The first-order valence-electron chi connectivity index (χ1n) is 5.08. The number of anilines is 2. The summed E-state index contributed by atoms with van der Waals surface area (Å²) in [5, 5.41) is 0.885. The molecule has 0 saturated heterocycles. The van der Waals surface area contributed by atoms with Crippen molar-refractivity contribution in [3.8, 4) is 0 Å². The minimum absolute atomic E-state index is 0.515. The molecule has 0 atom stereocenters. The van der Waals surface area contributed by atoms with Crippen molar-refractivity contribution >= 4 is 22.4 Å². The molecule has 76 valence electrons. The number of hydrogen-bond acceptors (Lipinski definition) is 4. The molecule has 1 aromatic carbocycles. The van der Waals surface area contributed by atoms with Crippen molar-refractivity contribution in [2.75, 3.05) is 11.5 Å². The van der Waals surface area contributed by atoms with Gasteiger partial charge in [0.15, 0.2) is 0 Å². The third-order valence-corrected chi connectivity index (χ3v) is 3.07. The number of rotatable bonds is 0. The molecule has 4 N–H and O–H groups in total. The molecule has 15 heavy (non-hydrogen) atoms. The Morgan fingerprint density at radius 2 is 1.87 bits per heavy atom. The molecule has 1 aliphatic carbocycles. The summed E-state index contributed by atoms with van der Waals surface area (Å²) < 4.78 is 0. The number of fused-ring (bicyclic) bond motifs is 3. The number of benzene rings is 1. The molecule has 2 aromatic rings. The van der Waals surface area contributed by atoms with Gasteiger partial charge in [0, 0.05) is 11.1 Å². The summed E-state index contributed by atoms with van der Waals surface area (Å²) in [6.45, 7) is 0. The standard InChI is InChI=1S/C11H12N4/c12-9-4-8-10(14-5-15-11(8)13)7-3-1-2-6(7)9/h4-5H,1-3,12H2,(H2,13,14,15). The lowest BCUT2D eigenvalue weighted by atomic mass is 10.0. The quantitative estimate of drug-likeness (QED) is 0.628. The van der Waals surface area contributed by atoms with E-state index >= 15 is 0 Å². The average Bonchev–Trinajstić information content (AvgIpc) is 2.69. The Hall–Kier alpha value is -1.84. The molecule has 0 aliphatic heterocycles. The van der Waals surface area contributed by atoms with Gasteiger partial charge in [-0.1, -0.05) is 0 Å². The lowest BCUT2D eigenvalue weighted by Gasteiger charge is -2.08. The van der Waals surface area contributed by atoms with Gasteiger partial charge in [0.25, 0.3) is 0 Å². The summed E-state index contributed by atoms with van der Waals surface area (Å²) in [6.07, 6.45) is 4.78. The van der Waals surface area contributed by atoms with Crippen molar-refractivity contribution in [3.63, 3.8) is 0 Å². The van der Waals surface area contributed by atoms with Crippen molar-refractivity contribution in [1.29, 1.82) is 0 Å². The fourth-order valence-corrected chi connectivity index (χ4v) is 2.36. The van der Waals surface area contributed by atoms with Crippen LogP contribution in [0.1, 0.15) is 17.5 Å². The summed E-state index contributed by atoms with van der Waals surface area (Å²) >= 11 is 0. The lowest BCUT2D eigenvalue weighted by Crippen LogP contribution is -1.99. The fourth-order valence-electron chi connectivity index (χ4n) is 2.36. The highest BCUT2D eigenvalue weighted by Gasteiger charge is 2.18. The highest BCUT2D eigenvalue weighted by molar-refractivity contribution is 5.94. The fraction of sp³-hybridized carbons (Fsp3) is 0.273. The van der Waals surface area contributed by atoms with E-state index in [0.29, 0.717) is 5.82 Å². The van der Waals surface area contributed by atoms with E-state index in [4.69, 9.17) is 11.5 Å². The molecule has 1 aromatic heterocycles. The van der Waals surface area contributed by atoms with Crippen LogP contribution in [0.15, 0.2) is 12.4 Å². The van der Waals surface area contributed by atoms with Crippen LogP contribution in [0.5, 0.6) is 0 Å². The van der Waals surface area contributed by atoms with E-state index in [1.807, 2.05) is 6.07 Å². The van der Waals surface area contributed by atoms with Crippen LogP contribution in [0, 0.1) is 0 Å². The van der Waals surface area contributed by atoms with Crippen LogP contribution in [0.2, 0.25) is 0 Å². The normalized spacial score (nSPS) is 14.4. The predicted octanol–water partition coefficient (Wildman–Crippen LogP) is 1.28. The summed E-state index contributed by atoms with van der Waals surface area (Å²) in [4.78, 5) is 8.29. The Kier molecular flexibility index (Phi) is 1.59. The first-order valence-corrected chi connectivity index (χ1v) is 5.08. The van der Waals surface area contributed by atoms with Crippen LogP contribution in [-0.4, -0.2) is 9.97 Å².